The summed E-state index contributed by atoms with van der Waals surface area (Å²) in [6.07, 6.45) is 0. The normalized spacial score (nSPS) is 11.1. The van der Waals surface area contributed by atoms with Gasteiger partial charge in [0.1, 0.15) is 11.3 Å². The highest BCUT2D eigenvalue weighted by Crippen LogP contribution is 2.28. The molecule has 2 aromatic heterocycles. The van der Waals surface area contributed by atoms with Crippen molar-refractivity contribution in [1.82, 2.24) is 15.6 Å². The second kappa shape index (κ2) is 10.9. The van der Waals surface area contributed by atoms with E-state index in [2.05, 4.69) is 41.6 Å². The first-order valence-corrected chi connectivity index (χ1v) is 12.6. The topological polar surface area (TPSA) is 123 Å². The zero-order valence-corrected chi connectivity index (χ0v) is 22.0. The molecule has 3 aromatic carbocycles. The number of carbonyl (C=O) groups excluding carboxylic acids is 1. The molecule has 0 fully saturated rings. The number of fused-ring (bicyclic) bond motifs is 1. The van der Waals surface area contributed by atoms with E-state index in [0.717, 1.165) is 22.2 Å². The second-order valence-electron chi connectivity index (χ2n) is 9.21. The molecule has 0 atom stereocenters. The lowest BCUT2D eigenvalue weighted by Gasteiger charge is -2.09. The third-order valence-electron chi connectivity index (χ3n) is 6.13. The number of carbonyl (C=O) groups is 1. The molecule has 10 heteroatoms. The van der Waals surface area contributed by atoms with Crippen LogP contribution in [0.4, 0.5) is 5.69 Å². The van der Waals surface area contributed by atoms with E-state index < -0.39 is 10.8 Å². The number of nitro benzene ring substituents is 1. The van der Waals surface area contributed by atoms with Crippen LogP contribution in [-0.4, -0.2) is 20.9 Å². The maximum Gasteiger partial charge on any atom is 0.293 e. The van der Waals surface area contributed by atoms with Crippen molar-refractivity contribution < 1.29 is 18.6 Å². The Morgan fingerprint density at radius 1 is 1.00 bits per heavy atom. The number of aromatic nitrogens is 1. The van der Waals surface area contributed by atoms with E-state index in [1.54, 1.807) is 18.2 Å². The van der Waals surface area contributed by atoms with Gasteiger partial charge in [-0.2, -0.15) is 0 Å². The minimum Gasteiger partial charge on any atom is -0.451 e. The van der Waals surface area contributed by atoms with Crippen LogP contribution in [0.1, 0.15) is 41.4 Å². The first-order valence-electron chi connectivity index (χ1n) is 12.2. The molecule has 196 valence electrons. The van der Waals surface area contributed by atoms with Crippen molar-refractivity contribution in [1.29, 1.82) is 0 Å². The minimum absolute atomic E-state index is 0.0314. The number of nitro groups is 1. The van der Waals surface area contributed by atoms with Crippen molar-refractivity contribution in [3.8, 4) is 22.8 Å². The first-order chi connectivity index (χ1) is 18.8. The van der Waals surface area contributed by atoms with Crippen molar-refractivity contribution in [2.75, 3.05) is 0 Å². The molecule has 39 heavy (non-hydrogen) atoms. The highest BCUT2D eigenvalue weighted by atomic mass is 32.1. The van der Waals surface area contributed by atoms with Crippen LogP contribution < -0.4 is 10.6 Å². The van der Waals surface area contributed by atoms with Gasteiger partial charge in [0.2, 0.25) is 5.89 Å². The third-order valence-corrected chi connectivity index (χ3v) is 6.38. The Bertz CT molecular complexity index is 1690. The predicted molar refractivity (Wildman–Crippen MR) is 151 cm³/mol. The van der Waals surface area contributed by atoms with Gasteiger partial charge >= 0.3 is 0 Å². The smallest absolute Gasteiger partial charge is 0.293 e. The molecule has 0 bridgehead atoms. The summed E-state index contributed by atoms with van der Waals surface area (Å²) < 4.78 is 11.5. The average Bonchev–Trinajstić information content (AvgIpc) is 3.60. The van der Waals surface area contributed by atoms with Gasteiger partial charge in [-0.1, -0.05) is 44.2 Å². The number of amides is 1. The Morgan fingerprint density at radius 3 is 2.54 bits per heavy atom. The van der Waals surface area contributed by atoms with Gasteiger partial charge in [0.05, 0.1) is 4.92 Å². The van der Waals surface area contributed by atoms with E-state index in [4.69, 9.17) is 21.1 Å². The molecule has 0 radical (unpaired) electrons. The van der Waals surface area contributed by atoms with Crippen LogP contribution in [-0.2, 0) is 6.54 Å². The molecule has 2 N–H and O–H groups in total. The summed E-state index contributed by atoms with van der Waals surface area (Å²) in [5.41, 5.74) is 5.01. The largest absolute Gasteiger partial charge is 0.451 e. The first kappa shape index (κ1) is 25.8. The summed E-state index contributed by atoms with van der Waals surface area (Å²) in [4.78, 5) is 27.7. The Labute approximate surface area is 229 Å². The summed E-state index contributed by atoms with van der Waals surface area (Å²) in [5.74, 6) is 0.799. The number of thiocarbonyl (C=S) groups is 1. The number of non-ortho nitro benzene ring substituents is 1. The molecule has 2 heterocycles. The number of benzene rings is 3. The van der Waals surface area contributed by atoms with Gasteiger partial charge in [-0.3, -0.25) is 20.2 Å². The van der Waals surface area contributed by atoms with Crippen molar-refractivity contribution in [2.24, 2.45) is 0 Å². The molecule has 1 amide bonds. The maximum atomic E-state index is 12.6. The molecule has 5 aromatic rings. The van der Waals surface area contributed by atoms with Gasteiger partial charge in [0.15, 0.2) is 16.5 Å². The van der Waals surface area contributed by atoms with Crippen LogP contribution in [0.15, 0.2) is 87.7 Å². The number of furan rings is 1. The molecule has 0 saturated heterocycles. The van der Waals surface area contributed by atoms with Crippen LogP contribution in [0.5, 0.6) is 0 Å². The number of hydrogen-bond donors (Lipinski definition) is 2. The molecular formula is C29H24N4O5S. The van der Waals surface area contributed by atoms with Crippen molar-refractivity contribution in [2.45, 2.75) is 26.3 Å². The Morgan fingerprint density at radius 2 is 1.79 bits per heavy atom. The molecule has 0 aliphatic carbocycles. The molecule has 0 spiro atoms. The van der Waals surface area contributed by atoms with Gasteiger partial charge in [0, 0.05) is 29.8 Å². The van der Waals surface area contributed by atoms with Crippen molar-refractivity contribution in [3.63, 3.8) is 0 Å². The Hall–Kier alpha value is -4.83. The van der Waals surface area contributed by atoms with Gasteiger partial charge in [0.25, 0.3) is 11.6 Å². The fourth-order valence-electron chi connectivity index (χ4n) is 3.97. The van der Waals surface area contributed by atoms with Crippen molar-refractivity contribution in [3.05, 3.63) is 106 Å². The Kier molecular flexibility index (Phi) is 7.20. The molecule has 0 unspecified atom stereocenters. The SMILES string of the molecule is CC(C)c1ccc2oc(-c3ccc(CNC(=S)NC(=O)c4ccc(-c5cccc([N+](=O)[O-])c5)o4)cc3)nc2c1. The number of nitrogens with one attached hydrogen (secondary N) is 2. The highest BCUT2D eigenvalue weighted by Gasteiger charge is 2.16. The van der Waals surface area contributed by atoms with E-state index in [0.29, 0.717) is 29.7 Å². The van der Waals surface area contributed by atoms with Crippen LogP contribution in [0.3, 0.4) is 0 Å². The average molecular weight is 541 g/mol. The molecule has 0 aliphatic rings. The maximum absolute atomic E-state index is 12.6. The summed E-state index contributed by atoms with van der Waals surface area (Å²) >= 11 is 5.26. The lowest BCUT2D eigenvalue weighted by molar-refractivity contribution is -0.384. The number of nitrogens with zero attached hydrogens (tertiary/aromatic N) is 2. The van der Waals surface area contributed by atoms with Gasteiger partial charge in [-0.15, -0.1) is 0 Å². The number of hydrogen-bond acceptors (Lipinski definition) is 7. The van der Waals surface area contributed by atoms with Crippen LogP contribution in [0.25, 0.3) is 33.9 Å². The number of rotatable bonds is 7. The fraction of sp³-hybridized carbons (Fsp3) is 0.138. The van der Waals surface area contributed by atoms with E-state index in [1.165, 1.54) is 23.8 Å². The third kappa shape index (κ3) is 5.86. The van der Waals surface area contributed by atoms with Crippen LogP contribution >= 0.6 is 12.2 Å². The standard InChI is InChI=1S/C29H24N4O5S/c1-17(2)20-10-11-25-23(15-20)31-28(38-25)19-8-6-18(7-9-19)16-30-29(39)32-27(34)26-13-12-24(37-26)21-4-3-5-22(14-21)33(35)36/h3-15,17H,16H2,1-2H3,(H2,30,32,34,39). The van der Waals surface area contributed by atoms with Gasteiger partial charge < -0.3 is 14.2 Å². The Balaban J connectivity index is 1.17. The van der Waals surface area contributed by atoms with Gasteiger partial charge in [-0.25, -0.2) is 4.98 Å². The van der Waals surface area contributed by atoms with E-state index >= 15 is 0 Å². The minimum atomic E-state index is -0.531. The zero-order chi connectivity index (χ0) is 27.5. The zero-order valence-electron chi connectivity index (χ0n) is 21.1. The fourth-order valence-corrected chi connectivity index (χ4v) is 4.14. The predicted octanol–water partition coefficient (Wildman–Crippen LogP) is 6.59. The summed E-state index contributed by atoms with van der Waals surface area (Å²) in [5, 5.41) is 16.7. The summed E-state index contributed by atoms with van der Waals surface area (Å²) in [7, 11) is 0. The molecule has 5 rings (SSSR count). The molecular weight excluding hydrogens is 516 g/mol. The van der Waals surface area contributed by atoms with Crippen LogP contribution in [0.2, 0.25) is 0 Å². The van der Waals surface area contributed by atoms with E-state index in [9.17, 15) is 14.9 Å². The molecule has 0 saturated carbocycles. The lowest BCUT2D eigenvalue weighted by atomic mass is 10.0. The molecule has 9 nitrogen and oxygen atoms in total. The van der Waals surface area contributed by atoms with Crippen molar-refractivity contribution >= 4 is 40.0 Å². The quantitative estimate of drug-likeness (QED) is 0.135. The van der Waals surface area contributed by atoms with Gasteiger partial charge in [-0.05, 0) is 65.7 Å². The van der Waals surface area contributed by atoms with Crippen LogP contribution in [0, 0.1) is 10.1 Å². The van der Waals surface area contributed by atoms with E-state index in [1.807, 2.05) is 30.3 Å². The lowest BCUT2D eigenvalue weighted by Crippen LogP contribution is -2.38. The second-order valence-corrected chi connectivity index (χ2v) is 9.61. The monoisotopic (exact) mass is 540 g/mol. The number of oxazole rings is 1. The highest BCUT2D eigenvalue weighted by molar-refractivity contribution is 7.80. The van der Waals surface area contributed by atoms with E-state index in [-0.39, 0.29) is 16.6 Å². The summed E-state index contributed by atoms with van der Waals surface area (Å²) in [6.45, 7) is 4.67. The summed E-state index contributed by atoms with van der Waals surface area (Å²) in [6, 6.07) is 22.8. The molecule has 0 aliphatic heterocycles.